The van der Waals surface area contributed by atoms with E-state index in [2.05, 4.69) is 5.32 Å². The van der Waals surface area contributed by atoms with Crippen molar-refractivity contribution in [2.75, 3.05) is 20.7 Å². The second-order valence-corrected chi connectivity index (χ2v) is 6.25. The molecular weight excluding hydrogens is 286 g/mol. The van der Waals surface area contributed by atoms with Gasteiger partial charge in [0.2, 0.25) is 5.91 Å². The van der Waals surface area contributed by atoms with Crippen molar-refractivity contribution in [1.82, 2.24) is 15.3 Å². The highest BCUT2D eigenvalue weighted by Crippen LogP contribution is 2.36. The molecule has 0 aromatic rings. The Balaban J connectivity index is 2.00. The Morgan fingerprint density at radius 3 is 2.59 bits per heavy atom. The van der Waals surface area contributed by atoms with Crippen molar-refractivity contribution in [2.24, 2.45) is 5.92 Å². The van der Waals surface area contributed by atoms with E-state index in [0.29, 0.717) is 0 Å². The first-order valence-electron chi connectivity index (χ1n) is 7.85. The lowest BCUT2D eigenvalue weighted by atomic mass is 9.75. The molecule has 7 heteroatoms. The van der Waals surface area contributed by atoms with Crippen LogP contribution in [0.1, 0.15) is 45.4 Å². The summed E-state index contributed by atoms with van der Waals surface area (Å²) < 4.78 is 0. The largest absolute Gasteiger partial charge is 0.325 e. The molecule has 1 heterocycles. The summed E-state index contributed by atoms with van der Waals surface area (Å²) >= 11 is 0. The quantitative estimate of drug-likeness (QED) is 0.613. The van der Waals surface area contributed by atoms with Gasteiger partial charge in [-0.15, -0.1) is 0 Å². The Hall–Kier alpha value is -1.63. The summed E-state index contributed by atoms with van der Waals surface area (Å²) in [4.78, 5) is 42.5. The van der Waals surface area contributed by atoms with Gasteiger partial charge < -0.3 is 5.32 Å². The Bertz CT molecular complexity index is 462. The average Bonchev–Trinajstić information content (AvgIpc) is 2.75. The first-order valence-corrected chi connectivity index (χ1v) is 7.85. The van der Waals surface area contributed by atoms with Crippen molar-refractivity contribution in [1.29, 1.82) is 0 Å². The molecule has 1 aliphatic heterocycles. The SMILES string of the molecule is CON(C)C(=O)CCN1C(=O)N[C@@](C)(C2CCCCC2)C1=O. The van der Waals surface area contributed by atoms with Gasteiger partial charge in [-0.2, -0.15) is 0 Å². The summed E-state index contributed by atoms with van der Waals surface area (Å²) in [5.41, 5.74) is -0.826. The van der Waals surface area contributed by atoms with Crippen LogP contribution >= 0.6 is 0 Å². The average molecular weight is 311 g/mol. The summed E-state index contributed by atoms with van der Waals surface area (Å²) in [6.07, 6.45) is 5.37. The molecule has 1 saturated heterocycles. The van der Waals surface area contributed by atoms with Crippen molar-refractivity contribution in [3.8, 4) is 0 Å². The van der Waals surface area contributed by atoms with Gasteiger partial charge in [0, 0.05) is 20.0 Å². The van der Waals surface area contributed by atoms with Gasteiger partial charge >= 0.3 is 6.03 Å². The van der Waals surface area contributed by atoms with Crippen LogP contribution in [-0.2, 0) is 14.4 Å². The number of imide groups is 1. The Morgan fingerprint density at radius 2 is 2.00 bits per heavy atom. The molecule has 1 N–H and O–H groups in total. The molecule has 124 valence electrons. The van der Waals surface area contributed by atoms with Gasteiger partial charge in [0.15, 0.2) is 0 Å². The number of rotatable bonds is 5. The van der Waals surface area contributed by atoms with E-state index in [9.17, 15) is 14.4 Å². The van der Waals surface area contributed by atoms with Gasteiger partial charge in [0.05, 0.1) is 7.11 Å². The molecule has 2 fully saturated rings. The topological polar surface area (TPSA) is 79.0 Å². The van der Waals surface area contributed by atoms with Crippen LogP contribution in [0, 0.1) is 5.92 Å². The Kier molecular flexibility index (Phi) is 5.05. The molecule has 1 aliphatic carbocycles. The van der Waals surface area contributed by atoms with E-state index in [1.54, 1.807) is 0 Å². The molecule has 2 aliphatic rings. The third-order valence-electron chi connectivity index (χ3n) is 4.90. The minimum Gasteiger partial charge on any atom is -0.323 e. The zero-order valence-corrected chi connectivity index (χ0v) is 13.6. The molecule has 1 saturated carbocycles. The van der Waals surface area contributed by atoms with Gasteiger partial charge in [0.25, 0.3) is 5.91 Å². The highest BCUT2D eigenvalue weighted by atomic mass is 16.7. The fourth-order valence-electron chi connectivity index (χ4n) is 3.34. The highest BCUT2D eigenvalue weighted by Gasteiger charge is 2.52. The van der Waals surface area contributed by atoms with E-state index in [4.69, 9.17) is 4.84 Å². The maximum Gasteiger partial charge on any atom is 0.325 e. The predicted octanol–water partition coefficient (Wildman–Crippen LogP) is 1.29. The first-order chi connectivity index (χ1) is 10.4. The van der Waals surface area contributed by atoms with E-state index < -0.39 is 11.6 Å². The molecule has 0 spiro atoms. The monoisotopic (exact) mass is 311 g/mol. The van der Waals surface area contributed by atoms with Crippen molar-refractivity contribution in [3.05, 3.63) is 0 Å². The normalized spacial score (nSPS) is 26.2. The molecule has 7 nitrogen and oxygen atoms in total. The lowest BCUT2D eigenvalue weighted by molar-refractivity contribution is -0.168. The minimum absolute atomic E-state index is 0.0598. The minimum atomic E-state index is -0.826. The zero-order valence-electron chi connectivity index (χ0n) is 13.6. The van der Waals surface area contributed by atoms with E-state index in [1.807, 2.05) is 6.92 Å². The van der Waals surface area contributed by atoms with Gasteiger partial charge in [0.1, 0.15) is 5.54 Å². The number of hydrogen-bond donors (Lipinski definition) is 1. The number of nitrogens with one attached hydrogen (secondary N) is 1. The second kappa shape index (κ2) is 6.64. The van der Waals surface area contributed by atoms with E-state index in [-0.39, 0.29) is 30.7 Å². The van der Waals surface area contributed by atoms with Crippen LogP contribution < -0.4 is 5.32 Å². The fraction of sp³-hybridized carbons (Fsp3) is 0.800. The Morgan fingerprint density at radius 1 is 1.36 bits per heavy atom. The maximum absolute atomic E-state index is 12.7. The van der Waals surface area contributed by atoms with Crippen molar-refractivity contribution in [2.45, 2.75) is 51.0 Å². The van der Waals surface area contributed by atoms with E-state index in [0.717, 1.165) is 35.6 Å². The van der Waals surface area contributed by atoms with Crippen LogP contribution in [0.5, 0.6) is 0 Å². The van der Waals surface area contributed by atoms with Crippen molar-refractivity contribution in [3.63, 3.8) is 0 Å². The molecule has 0 unspecified atom stereocenters. The lowest BCUT2D eigenvalue weighted by Crippen LogP contribution is -2.51. The van der Waals surface area contributed by atoms with Crippen LogP contribution in [0.15, 0.2) is 0 Å². The molecule has 2 rings (SSSR count). The second-order valence-electron chi connectivity index (χ2n) is 6.25. The molecule has 0 aromatic carbocycles. The van der Waals surface area contributed by atoms with Crippen LogP contribution in [-0.4, -0.2) is 54.0 Å². The van der Waals surface area contributed by atoms with Gasteiger partial charge in [-0.25, -0.2) is 9.86 Å². The Labute approximate surface area is 130 Å². The number of carbonyl (C=O) groups is 3. The van der Waals surface area contributed by atoms with E-state index >= 15 is 0 Å². The summed E-state index contributed by atoms with van der Waals surface area (Å²) in [6.45, 7) is 1.89. The number of hydrogen-bond acceptors (Lipinski definition) is 4. The molecule has 0 bridgehead atoms. The van der Waals surface area contributed by atoms with Crippen molar-refractivity contribution >= 4 is 17.8 Å². The highest BCUT2D eigenvalue weighted by molar-refractivity contribution is 6.07. The fourth-order valence-corrected chi connectivity index (χ4v) is 3.34. The summed E-state index contributed by atoms with van der Waals surface area (Å²) in [7, 11) is 2.89. The van der Waals surface area contributed by atoms with Crippen LogP contribution in [0.25, 0.3) is 0 Å². The summed E-state index contributed by atoms with van der Waals surface area (Å²) in [5, 5.41) is 3.94. The predicted molar refractivity (Wildman–Crippen MR) is 79.6 cm³/mol. The number of nitrogens with zero attached hydrogens (tertiary/aromatic N) is 2. The van der Waals surface area contributed by atoms with Gasteiger partial charge in [-0.05, 0) is 25.7 Å². The van der Waals surface area contributed by atoms with Crippen LogP contribution in [0.4, 0.5) is 4.79 Å². The smallest absolute Gasteiger partial charge is 0.323 e. The molecule has 0 radical (unpaired) electrons. The molecule has 22 heavy (non-hydrogen) atoms. The molecule has 0 aromatic heterocycles. The van der Waals surface area contributed by atoms with Crippen LogP contribution in [0.2, 0.25) is 0 Å². The molecule has 4 amide bonds. The van der Waals surface area contributed by atoms with Crippen molar-refractivity contribution < 1.29 is 19.2 Å². The van der Waals surface area contributed by atoms with Gasteiger partial charge in [-0.3, -0.25) is 19.3 Å². The maximum atomic E-state index is 12.7. The number of urea groups is 1. The van der Waals surface area contributed by atoms with E-state index in [1.165, 1.54) is 20.6 Å². The first kappa shape index (κ1) is 16.7. The van der Waals surface area contributed by atoms with Crippen LogP contribution in [0.3, 0.4) is 0 Å². The number of hydroxylamine groups is 2. The van der Waals surface area contributed by atoms with Gasteiger partial charge in [-0.1, -0.05) is 19.3 Å². The zero-order chi connectivity index (χ0) is 16.3. The molecule has 1 atom stereocenters. The third kappa shape index (κ3) is 3.09. The standard InChI is InChI=1S/C15H25N3O4/c1-15(11-7-5-4-6-8-11)13(20)18(14(21)16-15)10-9-12(19)17(2)22-3/h11H,4-10H2,1-3H3,(H,16,21)/t15-/m0/s1. The lowest BCUT2D eigenvalue weighted by Gasteiger charge is -2.34. The molecular formula is C15H25N3O4. The summed E-state index contributed by atoms with van der Waals surface area (Å²) in [5.74, 6) is -0.299. The number of carbonyl (C=O) groups excluding carboxylic acids is 3. The third-order valence-corrected chi connectivity index (χ3v) is 4.90. The number of amides is 4. The summed E-state index contributed by atoms with van der Waals surface area (Å²) in [6, 6.07) is -0.397.